The van der Waals surface area contributed by atoms with Crippen molar-refractivity contribution in [2.75, 3.05) is 11.9 Å². The van der Waals surface area contributed by atoms with Gasteiger partial charge in [0, 0.05) is 18.7 Å². The van der Waals surface area contributed by atoms with E-state index in [1.807, 2.05) is 79.7 Å². The number of nitrogens with one attached hydrogen (secondary N) is 1. The van der Waals surface area contributed by atoms with Gasteiger partial charge in [-0.1, -0.05) is 66.7 Å². The molecule has 1 aliphatic heterocycles. The molecule has 4 aliphatic rings. The molecule has 1 saturated heterocycles. The molecule has 1 heterocycles. The summed E-state index contributed by atoms with van der Waals surface area (Å²) in [5.41, 5.74) is 4.68. The number of alkyl halides is 2. The van der Waals surface area contributed by atoms with Crippen LogP contribution < -0.4 is 5.32 Å². The maximum atomic E-state index is 13.8. The molecule has 0 unspecified atom stereocenters. The molecule has 2 bridgehead atoms. The Bertz CT molecular complexity index is 1300. The summed E-state index contributed by atoms with van der Waals surface area (Å²) in [5, 5.41) is 2.86. The standard InChI is InChI=1S/C28H22Cl2N2O3/c1-16-8-2-7-13-21(16)31-22(33)14-15-32-25(34)23-24(26(32)35)28(30)18-10-4-3-9-17(18)27(23,29)19-11-5-6-12-20(19)28/h2-13,23-24H,14-15H2,1H3,(H,31,33)/t23-,24+,27?,28?. The zero-order chi connectivity index (χ0) is 24.5. The van der Waals surface area contributed by atoms with Gasteiger partial charge in [-0.2, -0.15) is 0 Å². The van der Waals surface area contributed by atoms with Crippen molar-refractivity contribution in [3.8, 4) is 0 Å². The van der Waals surface area contributed by atoms with Crippen LogP contribution in [0.4, 0.5) is 5.69 Å². The molecule has 7 rings (SSSR count). The van der Waals surface area contributed by atoms with E-state index in [-0.39, 0.29) is 30.7 Å². The van der Waals surface area contributed by atoms with E-state index in [9.17, 15) is 14.4 Å². The highest BCUT2D eigenvalue weighted by atomic mass is 35.5. The minimum Gasteiger partial charge on any atom is -0.326 e. The summed E-state index contributed by atoms with van der Waals surface area (Å²) in [6.07, 6.45) is -0.0181. The predicted molar refractivity (Wildman–Crippen MR) is 134 cm³/mol. The molecule has 1 N–H and O–H groups in total. The number of likely N-dealkylation sites (tertiary alicyclic amines) is 1. The quantitative estimate of drug-likeness (QED) is 0.405. The number of para-hydroxylation sites is 1. The number of carbonyl (C=O) groups excluding carboxylic acids is 3. The van der Waals surface area contributed by atoms with Crippen molar-refractivity contribution in [3.63, 3.8) is 0 Å². The molecule has 0 radical (unpaired) electrons. The molecular formula is C28H22Cl2N2O3. The first kappa shape index (κ1) is 22.3. The van der Waals surface area contributed by atoms with Crippen LogP contribution in [0.25, 0.3) is 0 Å². The third-order valence-electron chi connectivity index (χ3n) is 7.66. The van der Waals surface area contributed by atoms with E-state index < -0.39 is 21.6 Å². The minimum atomic E-state index is -1.21. The van der Waals surface area contributed by atoms with Gasteiger partial charge in [0.2, 0.25) is 17.7 Å². The molecule has 3 aromatic rings. The van der Waals surface area contributed by atoms with Gasteiger partial charge in [0.1, 0.15) is 9.75 Å². The monoisotopic (exact) mass is 504 g/mol. The van der Waals surface area contributed by atoms with E-state index in [1.54, 1.807) is 0 Å². The van der Waals surface area contributed by atoms with Crippen molar-refractivity contribution < 1.29 is 14.4 Å². The van der Waals surface area contributed by atoms with Crippen LogP contribution in [-0.4, -0.2) is 29.2 Å². The van der Waals surface area contributed by atoms with E-state index in [4.69, 9.17) is 23.2 Å². The minimum absolute atomic E-state index is 0.0181. The molecule has 7 heteroatoms. The van der Waals surface area contributed by atoms with Crippen LogP contribution >= 0.6 is 23.2 Å². The van der Waals surface area contributed by atoms with Crippen molar-refractivity contribution >= 4 is 46.6 Å². The molecule has 35 heavy (non-hydrogen) atoms. The summed E-state index contributed by atoms with van der Waals surface area (Å²) in [6, 6.07) is 22.5. The number of rotatable bonds is 4. The van der Waals surface area contributed by atoms with Crippen LogP contribution in [0.3, 0.4) is 0 Å². The number of amides is 3. The Balaban J connectivity index is 1.36. The van der Waals surface area contributed by atoms with E-state index in [0.717, 1.165) is 27.8 Å². The third-order valence-corrected chi connectivity index (χ3v) is 8.94. The summed E-state index contributed by atoms with van der Waals surface area (Å²) in [5.74, 6) is -2.73. The zero-order valence-corrected chi connectivity index (χ0v) is 20.4. The van der Waals surface area contributed by atoms with Crippen LogP contribution in [0.15, 0.2) is 72.8 Å². The van der Waals surface area contributed by atoms with Crippen LogP contribution in [-0.2, 0) is 24.1 Å². The normalized spacial score (nSPS) is 27.9. The van der Waals surface area contributed by atoms with Crippen LogP contribution in [0.1, 0.15) is 34.2 Å². The van der Waals surface area contributed by atoms with Gasteiger partial charge in [0.15, 0.2) is 0 Å². The highest BCUT2D eigenvalue weighted by Gasteiger charge is 2.72. The summed E-state index contributed by atoms with van der Waals surface area (Å²) >= 11 is 14.8. The van der Waals surface area contributed by atoms with Gasteiger partial charge in [-0.25, -0.2) is 0 Å². The molecular weight excluding hydrogens is 483 g/mol. The van der Waals surface area contributed by atoms with Crippen LogP contribution in [0.2, 0.25) is 0 Å². The van der Waals surface area contributed by atoms with Crippen molar-refractivity contribution in [1.29, 1.82) is 0 Å². The average Bonchev–Trinajstić information content (AvgIpc) is 3.13. The number of hydrogen-bond donors (Lipinski definition) is 1. The van der Waals surface area contributed by atoms with E-state index in [2.05, 4.69) is 5.32 Å². The van der Waals surface area contributed by atoms with Crippen LogP contribution in [0.5, 0.6) is 0 Å². The summed E-state index contributed by atoms with van der Waals surface area (Å²) in [6.45, 7) is 1.87. The zero-order valence-electron chi connectivity index (χ0n) is 18.9. The van der Waals surface area contributed by atoms with Crippen molar-refractivity contribution in [1.82, 2.24) is 4.90 Å². The fourth-order valence-corrected chi connectivity index (χ4v) is 7.18. The first-order valence-electron chi connectivity index (χ1n) is 11.6. The van der Waals surface area contributed by atoms with Gasteiger partial charge < -0.3 is 5.32 Å². The fourth-order valence-electron chi connectivity index (χ4n) is 6.08. The summed E-state index contributed by atoms with van der Waals surface area (Å²) in [4.78, 5) is 38.9. The second-order valence-electron chi connectivity index (χ2n) is 9.41. The second-order valence-corrected chi connectivity index (χ2v) is 10.6. The maximum Gasteiger partial charge on any atom is 0.235 e. The number of anilines is 1. The lowest BCUT2D eigenvalue weighted by molar-refractivity contribution is -0.140. The molecule has 3 amide bonds. The molecule has 176 valence electrons. The molecule has 0 aromatic heterocycles. The Morgan fingerprint density at radius 3 is 1.69 bits per heavy atom. The first-order valence-corrected chi connectivity index (χ1v) is 12.3. The van der Waals surface area contributed by atoms with Crippen molar-refractivity contribution in [2.24, 2.45) is 11.8 Å². The number of benzene rings is 3. The van der Waals surface area contributed by atoms with Gasteiger partial charge in [0.25, 0.3) is 0 Å². The highest BCUT2D eigenvalue weighted by Crippen LogP contribution is 2.69. The largest absolute Gasteiger partial charge is 0.326 e. The number of carbonyl (C=O) groups is 3. The lowest BCUT2D eigenvalue weighted by Crippen LogP contribution is -2.57. The molecule has 3 aromatic carbocycles. The Morgan fingerprint density at radius 2 is 1.23 bits per heavy atom. The van der Waals surface area contributed by atoms with E-state index >= 15 is 0 Å². The Kier molecular flexibility index (Phi) is 4.89. The smallest absolute Gasteiger partial charge is 0.235 e. The van der Waals surface area contributed by atoms with Gasteiger partial charge >= 0.3 is 0 Å². The molecule has 3 aliphatic carbocycles. The highest BCUT2D eigenvalue weighted by molar-refractivity contribution is 6.36. The first-order chi connectivity index (χ1) is 16.8. The third kappa shape index (κ3) is 2.85. The number of halogens is 2. The SMILES string of the molecule is Cc1ccccc1NC(=O)CCN1C(=O)[C@@H]2[C@H](C1=O)C1(Cl)c3ccccc3C2(Cl)c2ccccc21. The molecule has 2 atom stereocenters. The van der Waals surface area contributed by atoms with Gasteiger partial charge in [-0.3, -0.25) is 19.3 Å². The Hall–Kier alpha value is -3.15. The predicted octanol–water partition coefficient (Wildman–Crippen LogP) is 4.92. The fraction of sp³-hybridized carbons (Fsp3) is 0.250. The van der Waals surface area contributed by atoms with Gasteiger partial charge in [-0.15, -0.1) is 23.2 Å². The summed E-state index contributed by atoms with van der Waals surface area (Å²) in [7, 11) is 0. The summed E-state index contributed by atoms with van der Waals surface area (Å²) < 4.78 is 0. The van der Waals surface area contributed by atoms with Crippen molar-refractivity contribution in [2.45, 2.75) is 23.1 Å². The molecule has 0 saturated carbocycles. The van der Waals surface area contributed by atoms with E-state index in [0.29, 0.717) is 5.69 Å². The van der Waals surface area contributed by atoms with E-state index in [1.165, 1.54) is 4.90 Å². The topological polar surface area (TPSA) is 66.5 Å². The lowest BCUT2D eigenvalue weighted by Gasteiger charge is -2.54. The Morgan fingerprint density at radius 1 is 0.800 bits per heavy atom. The average molecular weight is 505 g/mol. The molecule has 5 nitrogen and oxygen atoms in total. The van der Waals surface area contributed by atoms with Crippen LogP contribution in [0, 0.1) is 18.8 Å². The Labute approximate surface area is 213 Å². The molecule has 1 fully saturated rings. The lowest BCUT2D eigenvalue weighted by atomic mass is 9.54. The number of aryl methyl sites for hydroxylation is 1. The maximum absolute atomic E-state index is 13.8. The number of hydrogen-bond acceptors (Lipinski definition) is 3. The van der Waals surface area contributed by atoms with Crippen molar-refractivity contribution in [3.05, 3.63) is 101 Å². The van der Waals surface area contributed by atoms with Gasteiger partial charge in [0.05, 0.1) is 11.8 Å². The second kappa shape index (κ2) is 7.67. The molecule has 0 spiro atoms. The van der Waals surface area contributed by atoms with Gasteiger partial charge in [-0.05, 0) is 40.8 Å². The number of imide groups is 1. The number of nitrogens with zero attached hydrogens (tertiary/aromatic N) is 1.